The smallest absolute Gasteiger partial charge is 0.311 e. The van der Waals surface area contributed by atoms with E-state index in [0.717, 1.165) is 6.07 Å². The molecule has 1 aromatic carbocycles. The lowest BCUT2D eigenvalue weighted by molar-refractivity contribution is -0.384. The van der Waals surface area contributed by atoms with Gasteiger partial charge in [0.2, 0.25) is 5.82 Å². The molecule has 6 nitrogen and oxygen atoms in total. The molecule has 0 radical (unpaired) electrons. The van der Waals surface area contributed by atoms with Gasteiger partial charge in [0.1, 0.15) is 5.82 Å². The van der Waals surface area contributed by atoms with Gasteiger partial charge in [-0.05, 0) is 24.6 Å². The molecule has 0 spiro atoms. The number of nitrogens with one attached hydrogen (secondary N) is 1. The molecule has 7 heteroatoms. The molecule has 0 saturated carbocycles. The fourth-order valence-electron chi connectivity index (χ4n) is 1.77. The molecule has 0 fully saturated rings. The van der Waals surface area contributed by atoms with E-state index in [0.29, 0.717) is 11.1 Å². The molecule has 0 saturated heterocycles. The van der Waals surface area contributed by atoms with Crippen molar-refractivity contribution in [3.8, 4) is 6.07 Å². The summed E-state index contributed by atoms with van der Waals surface area (Å²) in [5.74, 6) is -0.467. The maximum absolute atomic E-state index is 13.7. The van der Waals surface area contributed by atoms with Crippen molar-refractivity contribution in [1.29, 1.82) is 5.26 Å². The van der Waals surface area contributed by atoms with Crippen molar-refractivity contribution < 1.29 is 9.31 Å². The number of pyridine rings is 1. The first kappa shape index (κ1) is 14.4. The van der Waals surface area contributed by atoms with Gasteiger partial charge in [-0.1, -0.05) is 6.07 Å². The molecule has 0 aliphatic heterocycles. The van der Waals surface area contributed by atoms with Crippen LogP contribution < -0.4 is 5.32 Å². The lowest BCUT2D eigenvalue weighted by atomic mass is 10.1. The molecule has 1 aromatic heterocycles. The predicted octanol–water partition coefficient (Wildman–Crippen LogP) is 2.92. The summed E-state index contributed by atoms with van der Waals surface area (Å²) in [7, 11) is 0. The minimum Gasteiger partial charge on any atom is -0.360 e. The normalized spacial score (nSPS) is 9.95. The first-order valence-corrected chi connectivity index (χ1v) is 6.04. The van der Waals surface area contributed by atoms with Gasteiger partial charge in [-0.15, -0.1) is 0 Å². The number of nitro groups is 1. The van der Waals surface area contributed by atoms with Crippen molar-refractivity contribution in [1.82, 2.24) is 4.98 Å². The van der Waals surface area contributed by atoms with E-state index in [4.69, 9.17) is 5.26 Å². The summed E-state index contributed by atoms with van der Waals surface area (Å²) < 4.78 is 13.7. The number of hydrogen-bond acceptors (Lipinski definition) is 5. The highest BCUT2D eigenvalue weighted by molar-refractivity contribution is 5.56. The number of benzene rings is 1. The van der Waals surface area contributed by atoms with Crippen LogP contribution in [0.1, 0.15) is 16.7 Å². The maximum atomic E-state index is 13.7. The van der Waals surface area contributed by atoms with Crippen LogP contribution in [-0.2, 0) is 6.54 Å². The first-order valence-electron chi connectivity index (χ1n) is 6.04. The van der Waals surface area contributed by atoms with Crippen molar-refractivity contribution in [2.75, 3.05) is 5.32 Å². The van der Waals surface area contributed by atoms with Crippen LogP contribution in [0.4, 0.5) is 15.9 Å². The Bertz CT molecular complexity index is 740. The number of anilines is 1. The number of rotatable bonds is 4. The molecule has 0 atom stereocenters. The summed E-state index contributed by atoms with van der Waals surface area (Å²) in [5.41, 5.74) is 1.02. The third kappa shape index (κ3) is 3.30. The maximum Gasteiger partial charge on any atom is 0.311 e. The van der Waals surface area contributed by atoms with Crippen molar-refractivity contribution in [2.45, 2.75) is 13.5 Å². The zero-order valence-electron chi connectivity index (χ0n) is 11.1. The van der Waals surface area contributed by atoms with E-state index in [2.05, 4.69) is 10.3 Å². The fraction of sp³-hybridized carbons (Fsp3) is 0.143. The predicted molar refractivity (Wildman–Crippen MR) is 74.1 cm³/mol. The second kappa shape index (κ2) is 5.96. The van der Waals surface area contributed by atoms with Gasteiger partial charge >= 0.3 is 5.69 Å². The van der Waals surface area contributed by atoms with Crippen LogP contribution in [0.3, 0.4) is 0 Å². The molecule has 0 unspecified atom stereocenters. The zero-order valence-corrected chi connectivity index (χ0v) is 11.1. The van der Waals surface area contributed by atoms with Gasteiger partial charge in [0.25, 0.3) is 0 Å². The average Bonchev–Trinajstić information content (AvgIpc) is 2.46. The van der Waals surface area contributed by atoms with E-state index in [-0.39, 0.29) is 23.6 Å². The summed E-state index contributed by atoms with van der Waals surface area (Å²) >= 11 is 0. The Morgan fingerprint density at radius 3 is 2.86 bits per heavy atom. The average molecular weight is 286 g/mol. The lowest BCUT2D eigenvalue weighted by Crippen LogP contribution is -2.06. The summed E-state index contributed by atoms with van der Waals surface area (Å²) in [6.45, 7) is 1.73. The van der Waals surface area contributed by atoms with Crippen LogP contribution in [0.15, 0.2) is 30.5 Å². The molecule has 0 amide bonds. The van der Waals surface area contributed by atoms with Gasteiger partial charge in [-0.2, -0.15) is 5.26 Å². The highest BCUT2D eigenvalue weighted by Crippen LogP contribution is 2.23. The summed E-state index contributed by atoms with van der Waals surface area (Å²) in [6, 6.07) is 7.29. The Morgan fingerprint density at radius 1 is 1.48 bits per heavy atom. The van der Waals surface area contributed by atoms with Crippen molar-refractivity contribution in [3.63, 3.8) is 0 Å². The number of nitriles is 1. The SMILES string of the molecule is Cc1cnc(NCc2ccc(C#N)cc2F)c([N+](=O)[O-])c1. The Balaban J connectivity index is 2.21. The van der Waals surface area contributed by atoms with Gasteiger partial charge < -0.3 is 5.32 Å². The second-order valence-corrected chi connectivity index (χ2v) is 4.41. The molecular weight excluding hydrogens is 275 g/mol. The van der Waals surface area contributed by atoms with Crippen LogP contribution >= 0.6 is 0 Å². The fourth-order valence-corrected chi connectivity index (χ4v) is 1.77. The molecule has 0 bridgehead atoms. The van der Waals surface area contributed by atoms with E-state index in [1.807, 2.05) is 6.07 Å². The monoisotopic (exact) mass is 286 g/mol. The Hall–Kier alpha value is -3.01. The lowest BCUT2D eigenvalue weighted by Gasteiger charge is -2.07. The van der Waals surface area contributed by atoms with Crippen LogP contribution in [-0.4, -0.2) is 9.91 Å². The van der Waals surface area contributed by atoms with E-state index in [1.54, 1.807) is 6.92 Å². The third-order valence-electron chi connectivity index (χ3n) is 2.83. The van der Waals surface area contributed by atoms with Gasteiger partial charge in [0, 0.05) is 24.4 Å². The number of hydrogen-bond donors (Lipinski definition) is 1. The summed E-state index contributed by atoms with van der Waals surface area (Å²) in [4.78, 5) is 14.4. The summed E-state index contributed by atoms with van der Waals surface area (Å²) in [5, 5.41) is 22.4. The molecular formula is C14H11FN4O2. The van der Waals surface area contributed by atoms with Gasteiger partial charge in [0.05, 0.1) is 16.6 Å². The van der Waals surface area contributed by atoms with Crippen LogP contribution in [0.25, 0.3) is 0 Å². The molecule has 0 aliphatic rings. The van der Waals surface area contributed by atoms with Crippen molar-refractivity contribution in [2.24, 2.45) is 0 Å². The van der Waals surface area contributed by atoms with Crippen molar-refractivity contribution >= 4 is 11.5 Å². The zero-order chi connectivity index (χ0) is 15.4. The first-order chi connectivity index (χ1) is 10.0. The molecule has 1 heterocycles. The van der Waals surface area contributed by atoms with E-state index < -0.39 is 10.7 Å². The highest BCUT2D eigenvalue weighted by atomic mass is 19.1. The molecule has 2 aromatic rings. The minimum atomic E-state index is -0.545. The molecule has 2 rings (SSSR count). The van der Waals surface area contributed by atoms with E-state index >= 15 is 0 Å². The Kier molecular flexibility index (Phi) is 4.09. The van der Waals surface area contributed by atoms with Gasteiger partial charge in [-0.25, -0.2) is 9.37 Å². The molecule has 106 valence electrons. The molecule has 21 heavy (non-hydrogen) atoms. The summed E-state index contributed by atoms with van der Waals surface area (Å²) in [6.07, 6.45) is 1.49. The van der Waals surface area contributed by atoms with Gasteiger partial charge in [-0.3, -0.25) is 10.1 Å². The van der Waals surface area contributed by atoms with E-state index in [1.165, 1.54) is 24.4 Å². The van der Waals surface area contributed by atoms with Crippen LogP contribution in [0, 0.1) is 34.2 Å². The Labute approximate surface area is 120 Å². The number of aromatic nitrogens is 1. The molecule has 1 N–H and O–H groups in total. The number of halogens is 1. The number of nitrogens with zero attached hydrogens (tertiary/aromatic N) is 3. The standard InChI is InChI=1S/C14H11FN4O2/c1-9-4-13(19(20)21)14(17-7-9)18-8-11-3-2-10(6-16)5-12(11)15/h2-5,7H,8H2,1H3,(H,17,18). The Morgan fingerprint density at radius 2 is 2.24 bits per heavy atom. The minimum absolute atomic E-state index is 0.0362. The highest BCUT2D eigenvalue weighted by Gasteiger charge is 2.15. The number of aryl methyl sites for hydroxylation is 1. The quantitative estimate of drug-likeness (QED) is 0.689. The van der Waals surface area contributed by atoms with Gasteiger partial charge in [0.15, 0.2) is 0 Å². The second-order valence-electron chi connectivity index (χ2n) is 4.41. The topological polar surface area (TPSA) is 91.8 Å². The van der Waals surface area contributed by atoms with Crippen LogP contribution in [0.5, 0.6) is 0 Å². The molecule has 0 aliphatic carbocycles. The largest absolute Gasteiger partial charge is 0.360 e. The van der Waals surface area contributed by atoms with Crippen LogP contribution in [0.2, 0.25) is 0 Å². The third-order valence-corrected chi connectivity index (χ3v) is 2.83. The van der Waals surface area contributed by atoms with Crippen molar-refractivity contribution in [3.05, 3.63) is 63.1 Å². The van der Waals surface area contributed by atoms with E-state index in [9.17, 15) is 14.5 Å².